The summed E-state index contributed by atoms with van der Waals surface area (Å²) in [7, 11) is 0. The van der Waals surface area contributed by atoms with Crippen LogP contribution in [0, 0.1) is 17.8 Å². The van der Waals surface area contributed by atoms with Gasteiger partial charge in [0.2, 0.25) is 0 Å². The molecule has 0 heteroatoms. The fourth-order valence-electron chi connectivity index (χ4n) is 2.58. The van der Waals surface area contributed by atoms with Crippen molar-refractivity contribution in [1.82, 2.24) is 0 Å². The van der Waals surface area contributed by atoms with Gasteiger partial charge in [-0.05, 0) is 17.8 Å². The Balaban J connectivity index is 2.05. The average Bonchev–Trinajstić information content (AvgIpc) is 2.52. The Hall–Kier alpha value is 0. The lowest BCUT2D eigenvalue weighted by atomic mass is 9.90. The fourth-order valence-corrected chi connectivity index (χ4v) is 2.58. The lowest BCUT2D eigenvalue weighted by molar-refractivity contribution is 0.358. The van der Waals surface area contributed by atoms with Crippen molar-refractivity contribution in [1.29, 1.82) is 0 Å². The molecular formula is C13H26. The summed E-state index contributed by atoms with van der Waals surface area (Å²) < 4.78 is 0. The topological polar surface area (TPSA) is 0 Å². The third kappa shape index (κ3) is 3.70. The van der Waals surface area contributed by atoms with Crippen LogP contribution in [0.3, 0.4) is 0 Å². The maximum atomic E-state index is 2.45. The molecule has 1 rings (SSSR count). The zero-order chi connectivity index (χ0) is 9.68. The van der Waals surface area contributed by atoms with Crippen LogP contribution >= 0.6 is 0 Å². The zero-order valence-electron chi connectivity index (χ0n) is 9.68. The summed E-state index contributed by atoms with van der Waals surface area (Å²) in [6.45, 7) is 7.14. The second-order valence-corrected chi connectivity index (χ2v) is 5.11. The van der Waals surface area contributed by atoms with Gasteiger partial charge in [0.15, 0.2) is 0 Å². The first-order chi connectivity index (χ1) is 6.24. The van der Waals surface area contributed by atoms with E-state index in [0.29, 0.717) is 0 Å². The molecule has 0 spiro atoms. The highest BCUT2D eigenvalue weighted by atomic mass is 14.3. The summed E-state index contributed by atoms with van der Waals surface area (Å²) in [5.74, 6) is 3.05. The molecule has 0 bridgehead atoms. The second kappa shape index (κ2) is 5.67. The van der Waals surface area contributed by atoms with Gasteiger partial charge in [-0.15, -0.1) is 0 Å². The fraction of sp³-hybridized carbons (Fsp3) is 1.00. The van der Waals surface area contributed by atoms with Gasteiger partial charge in [0, 0.05) is 0 Å². The normalized spacial score (nSPS) is 30.7. The molecule has 1 aliphatic carbocycles. The van der Waals surface area contributed by atoms with Gasteiger partial charge in [0.1, 0.15) is 0 Å². The van der Waals surface area contributed by atoms with Crippen LogP contribution < -0.4 is 0 Å². The van der Waals surface area contributed by atoms with Crippen molar-refractivity contribution in [2.45, 2.75) is 65.7 Å². The Morgan fingerprint density at radius 1 is 1.31 bits per heavy atom. The van der Waals surface area contributed by atoms with E-state index < -0.39 is 0 Å². The van der Waals surface area contributed by atoms with E-state index in [1.54, 1.807) is 0 Å². The highest BCUT2D eigenvalue weighted by molar-refractivity contribution is 4.74. The van der Waals surface area contributed by atoms with E-state index >= 15 is 0 Å². The van der Waals surface area contributed by atoms with Gasteiger partial charge >= 0.3 is 0 Å². The molecule has 0 amide bonds. The Bertz CT molecular complexity index is 128. The van der Waals surface area contributed by atoms with Crippen LogP contribution in [0.2, 0.25) is 0 Å². The Morgan fingerprint density at radius 2 is 2.08 bits per heavy atom. The van der Waals surface area contributed by atoms with Crippen LogP contribution in [0.5, 0.6) is 0 Å². The summed E-state index contributed by atoms with van der Waals surface area (Å²) in [6, 6.07) is 0. The lowest BCUT2D eigenvalue weighted by Gasteiger charge is -2.16. The minimum atomic E-state index is 0.955. The molecule has 0 nitrogen and oxygen atoms in total. The first kappa shape index (κ1) is 11.1. The van der Waals surface area contributed by atoms with Gasteiger partial charge in [-0.1, -0.05) is 65.7 Å². The van der Waals surface area contributed by atoms with Crippen molar-refractivity contribution < 1.29 is 0 Å². The monoisotopic (exact) mass is 182 g/mol. The van der Waals surface area contributed by atoms with E-state index in [1.165, 1.54) is 44.9 Å². The van der Waals surface area contributed by atoms with Crippen molar-refractivity contribution in [3.8, 4) is 0 Å². The lowest BCUT2D eigenvalue weighted by Crippen LogP contribution is -2.04. The molecule has 0 N–H and O–H groups in total. The molecule has 1 fully saturated rings. The molecule has 0 aromatic carbocycles. The number of hydrogen-bond donors (Lipinski definition) is 0. The van der Waals surface area contributed by atoms with Crippen LogP contribution in [0.25, 0.3) is 0 Å². The molecule has 0 heterocycles. The van der Waals surface area contributed by atoms with E-state index in [0.717, 1.165) is 17.8 Å². The van der Waals surface area contributed by atoms with E-state index in [4.69, 9.17) is 0 Å². The molecule has 0 aromatic rings. The molecule has 1 saturated carbocycles. The smallest absolute Gasteiger partial charge is 0.0388 e. The minimum Gasteiger partial charge on any atom is -0.0651 e. The highest BCUT2D eigenvalue weighted by Gasteiger charge is 2.22. The molecule has 3 unspecified atom stereocenters. The van der Waals surface area contributed by atoms with Gasteiger partial charge in [0.25, 0.3) is 0 Å². The third-order valence-corrected chi connectivity index (χ3v) is 4.01. The zero-order valence-corrected chi connectivity index (χ0v) is 9.68. The van der Waals surface area contributed by atoms with Crippen molar-refractivity contribution in [3.05, 3.63) is 0 Å². The van der Waals surface area contributed by atoms with Crippen molar-refractivity contribution in [2.75, 3.05) is 0 Å². The van der Waals surface area contributed by atoms with Crippen molar-refractivity contribution >= 4 is 0 Å². The average molecular weight is 182 g/mol. The Kier molecular flexibility index (Phi) is 4.83. The standard InChI is InChI=1S/C13H26/c1-4-11(2)7-5-9-13-10-6-8-12(13)3/h11-13H,4-10H2,1-3H3. The van der Waals surface area contributed by atoms with Gasteiger partial charge < -0.3 is 0 Å². The molecule has 0 aromatic heterocycles. The number of hydrogen-bond acceptors (Lipinski definition) is 0. The molecule has 1 aliphatic rings. The first-order valence-corrected chi connectivity index (χ1v) is 6.24. The van der Waals surface area contributed by atoms with Gasteiger partial charge in [-0.3, -0.25) is 0 Å². The van der Waals surface area contributed by atoms with Crippen molar-refractivity contribution in [3.63, 3.8) is 0 Å². The van der Waals surface area contributed by atoms with E-state index in [9.17, 15) is 0 Å². The van der Waals surface area contributed by atoms with Crippen molar-refractivity contribution in [2.24, 2.45) is 17.8 Å². The predicted octanol–water partition coefficient (Wildman–Crippen LogP) is 4.64. The van der Waals surface area contributed by atoms with Crippen LogP contribution in [0.4, 0.5) is 0 Å². The Morgan fingerprint density at radius 3 is 2.62 bits per heavy atom. The molecule has 78 valence electrons. The van der Waals surface area contributed by atoms with Crippen LogP contribution in [-0.2, 0) is 0 Å². The molecule has 13 heavy (non-hydrogen) atoms. The number of rotatable bonds is 5. The van der Waals surface area contributed by atoms with E-state index in [-0.39, 0.29) is 0 Å². The third-order valence-electron chi connectivity index (χ3n) is 4.01. The van der Waals surface area contributed by atoms with Gasteiger partial charge in [0.05, 0.1) is 0 Å². The maximum Gasteiger partial charge on any atom is -0.0388 e. The summed E-state index contributed by atoms with van der Waals surface area (Å²) in [5.41, 5.74) is 0. The summed E-state index contributed by atoms with van der Waals surface area (Å²) in [5, 5.41) is 0. The predicted molar refractivity (Wildman–Crippen MR) is 59.8 cm³/mol. The van der Waals surface area contributed by atoms with E-state index in [1.807, 2.05) is 0 Å². The quantitative estimate of drug-likeness (QED) is 0.581. The minimum absolute atomic E-state index is 0.955. The second-order valence-electron chi connectivity index (χ2n) is 5.11. The summed E-state index contributed by atoms with van der Waals surface area (Å²) in [4.78, 5) is 0. The summed E-state index contributed by atoms with van der Waals surface area (Å²) in [6.07, 6.45) is 10.3. The van der Waals surface area contributed by atoms with Gasteiger partial charge in [-0.2, -0.15) is 0 Å². The first-order valence-electron chi connectivity index (χ1n) is 6.24. The summed E-state index contributed by atoms with van der Waals surface area (Å²) >= 11 is 0. The Labute approximate surface area is 84.1 Å². The molecule has 0 aliphatic heterocycles. The van der Waals surface area contributed by atoms with E-state index in [2.05, 4.69) is 20.8 Å². The SMILES string of the molecule is CCC(C)CCCC1CCCC1C. The van der Waals surface area contributed by atoms with Crippen LogP contribution in [0.1, 0.15) is 65.7 Å². The largest absolute Gasteiger partial charge is 0.0651 e. The molecule has 3 atom stereocenters. The molecular weight excluding hydrogens is 156 g/mol. The maximum absolute atomic E-state index is 2.45. The van der Waals surface area contributed by atoms with Crippen LogP contribution in [0.15, 0.2) is 0 Å². The molecule has 0 radical (unpaired) electrons. The van der Waals surface area contributed by atoms with Crippen LogP contribution in [-0.4, -0.2) is 0 Å². The van der Waals surface area contributed by atoms with Gasteiger partial charge in [-0.25, -0.2) is 0 Å². The molecule has 0 saturated heterocycles. The highest BCUT2D eigenvalue weighted by Crippen LogP contribution is 2.35.